The largest absolute Gasteiger partial charge is 0.419 e. The van der Waals surface area contributed by atoms with Gasteiger partial charge in [-0.25, -0.2) is 9.97 Å². The maximum atomic E-state index is 12.4. The Bertz CT molecular complexity index is 404. The first kappa shape index (κ1) is 13.1. The van der Waals surface area contributed by atoms with Crippen molar-refractivity contribution in [2.75, 3.05) is 18.0 Å². The molecule has 2 heterocycles. The molecule has 1 fully saturated rings. The molecule has 2 rings (SSSR count). The molecule has 7 heteroatoms. The lowest BCUT2D eigenvalue weighted by Gasteiger charge is -2.35. The van der Waals surface area contributed by atoms with E-state index in [1.165, 1.54) is 0 Å². The fourth-order valence-corrected chi connectivity index (χ4v) is 1.98. The monoisotopic (exact) mass is 260 g/mol. The number of hydrogen-bond donors (Lipinski definition) is 1. The topological polar surface area (TPSA) is 55.0 Å². The van der Waals surface area contributed by atoms with E-state index >= 15 is 0 Å². The molecule has 0 spiro atoms. The Hall–Kier alpha value is -1.37. The lowest BCUT2D eigenvalue weighted by atomic mass is 9.95. The second-order valence-corrected chi connectivity index (χ2v) is 4.65. The maximum absolute atomic E-state index is 12.4. The number of nitrogens with zero attached hydrogens (tertiary/aromatic N) is 3. The van der Waals surface area contributed by atoms with Gasteiger partial charge in [0.2, 0.25) is 5.95 Å². The van der Waals surface area contributed by atoms with Crippen molar-refractivity contribution in [3.05, 3.63) is 18.0 Å². The molecule has 1 aliphatic rings. The molecular weight excluding hydrogens is 245 g/mol. The van der Waals surface area contributed by atoms with Crippen molar-refractivity contribution >= 4 is 5.95 Å². The lowest BCUT2D eigenvalue weighted by molar-refractivity contribution is -0.138. The Morgan fingerprint density at radius 3 is 2.44 bits per heavy atom. The van der Waals surface area contributed by atoms with Gasteiger partial charge in [0.25, 0.3) is 0 Å². The highest BCUT2D eigenvalue weighted by Crippen LogP contribution is 2.28. The van der Waals surface area contributed by atoms with Crippen molar-refractivity contribution in [3.8, 4) is 0 Å². The Labute approximate surface area is 103 Å². The van der Waals surface area contributed by atoms with Gasteiger partial charge in [0.1, 0.15) is 0 Å². The first-order chi connectivity index (χ1) is 8.38. The fourth-order valence-electron chi connectivity index (χ4n) is 1.98. The van der Waals surface area contributed by atoms with Crippen LogP contribution in [0.5, 0.6) is 0 Å². The van der Waals surface area contributed by atoms with Crippen LogP contribution in [0.2, 0.25) is 0 Å². The average molecular weight is 260 g/mol. The third-order valence-corrected chi connectivity index (χ3v) is 3.22. The van der Waals surface area contributed by atoms with Crippen molar-refractivity contribution in [1.29, 1.82) is 0 Å². The van der Waals surface area contributed by atoms with Crippen LogP contribution in [0.15, 0.2) is 12.4 Å². The third kappa shape index (κ3) is 2.72. The van der Waals surface area contributed by atoms with Crippen LogP contribution in [0.1, 0.15) is 18.9 Å². The summed E-state index contributed by atoms with van der Waals surface area (Å²) < 4.78 is 37.1. The molecule has 18 heavy (non-hydrogen) atoms. The summed E-state index contributed by atoms with van der Waals surface area (Å²) in [6, 6.07) is 0.135. The van der Waals surface area contributed by atoms with Gasteiger partial charge in [-0.15, -0.1) is 0 Å². The van der Waals surface area contributed by atoms with E-state index in [2.05, 4.69) is 9.97 Å². The predicted octanol–water partition coefficient (Wildman–Crippen LogP) is 1.67. The predicted molar refractivity (Wildman–Crippen MR) is 61.0 cm³/mol. The van der Waals surface area contributed by atoms with Gasteiger partial charge in [-0.2, -0.15) is 13.2 Å². The van der Waals surface area contributed by atoms with Crippen molar-refractivity contribution in [1.82, 2.24) is 9.97 Å². The van der Waals surface area contributed by atoms with E-state index in [-0.39, 0.29) is 12.0 Å². The molecule has 4 nitrogen and oxygen atoms in total. The van der Waals surface area contributed by atoms with Crippen molar-refractivity contribution in [2.45, 2.75) is 25.6 Å². The minimum atomic E-state index is -4.39. The summed E-state index contributed by atoms with van der Waals surface area (Å²) in [4.78, 5) is 9.43. The molecule has 2 atom stereocenters. The van der Waals surface area contributed by atoms with E-state index in [9.17, 15) is 13.2 Å². The first-order valence-electron chi connectivity index (χ1n) is 5.77. The van der Waals surface area contributed by atoms with Gasteiger partial charge in [0.15, 0.2) is 0 Å². The molecule has 2 N–H and O–H groups in total. The lowest BCUT2D eigenvalue weighted by Crippen LogP contribution is -2.46. The van der Waals surface area contributed by atoms with E-state index < -0.39 is 11.7 Å². The number of halogens is 3. The molecule has 0 amide bonds. The first-order valence-corrected chi connectivity index (χ1v) is 5.77. The Kier molecular flexibility index (Phi) is 3.43. The highest BCUT2D eigenvalue weighted by molar-refractivity contribution is 5.31. The average Bonchev–Trinajstić information content (AvgIpc) is 2.32. The molecule has 1 saturated heterocycles. The zero-order chi connectivity index (χ0) is 13.3. The molecule has 0 aromatic carbocycles. The second kappa shape index (κ2) is 4.72. The van der Waals surface area contributed by atoms with Gasteiger partial charge in [-0.3, -0.25) is 0 Å². The number of rotatable bonds is 1. The number of anilines is 1. The van der Waals surface area contributed by atoms with Crippen LogP contribution in [-0.4, -0.2) is 29.1 Å². The van der Waals surface area contributed by atoms with Crippen molar-refractivity contribution in [3.63, 3.8) is 0 Å². The molecule has 0 saturated carbocycles. The normalized spacial score (nSPS) is 25.3. The summed E-state index contributed by atoms with van der Waals surface area (Å²) >= 11 is 0. The molecule has 0 unspecified atom stereocenters. The number of nitrogens with two attached hydrogens (primary N) is 1. The Morgan fingerprint density at radius 1 is 1.33 bits per heavy atom. The van der Waals surface area contributed by atoms with Crippen molar-refractivity contribution in [2.24, 2.45) is 11.7 Å². The van der Waals surface area contributed by atoms with Crippen LogP contribution in [0.25, 0.3) is 0 Å². The zero-order valence-electron chi connectivity index (χ0n) is 9.98. The van der Waals surface area contributed by atoms with E-state index in [4.69, 9.17) is 5.73 Å². The zero-order valence-corrected chi connectivity index (χ0v) is 9.98. The maximum Gasteiger partial charge on any atom is 0.419 e. The second-order valence-electron chi connectivity index (χ2n) is 4.65. The molecule has 0 bridgehead atoms. The van der Waals surface area contributed by atoms with Crippen LogP contribution in [-0.2, 0) is 6.18 Å². The quantitative estimate of drug-likeness (QED) is 0.834. The molecule has 100 valence electrons. The van der Waals surface area contributed by atoms with Gasteiger partial charge < -0.3 is 10.6 Å². The number of aromatic nitrogens is 2. The summed E-state index contributed by atoms with van der Waals surface area (Å²) in [5.41, 5.74) is 5.06. The summed E-state index contributed by atoms with van der Waals surface area (Å²) in [6.45, 7) is 3.37. The minimum absolute atomic E-state index is 0.135. The number of piperidine rings is 1. The molecule has 0 radical (unpaired) electrons. The summed E-state index contributed by atoms with van der Waals surface area (Å²) in [5.74, 6) is 0.617. The van der Waals surface area contributed by atoms with Crippen LogP contribution in [0, 0.1) is 5.92 Å². The number of alkyl halides is 3. The minimum Gasteiger partial charge on any atom is -0.340 e. The van der Waals surface area contributed by atoms with Crippen LogP contribution >= 0.6 is 0 Å². The highest BCUT2D eigenvalue weighted by Gasteiger charge is 2.32. The summed E-state index contributed by atoms with van der Waals surface area (Å²) in [5, 5.41) is 0. The van der Waals surface area contributed by atoms with Gasteiger partial charge in [-0.1, -0.05) is 6.92 Å². The van der Waals surface area contributed by atoms with Gasteiger partial charge >= 0.3 is 6.18 Å². The summed E-state index contributed by atoms with van der Waals surface area (Å²) in [6.07, 6.45) is -1.95. The van der Waals surface area contributed by atoms with Gasteiger partial charge in [0, 0.05) is 31.5 Å². The molecule has 1 aliphatic heterocycles. The van der Waals surface area contributed by atoms with Crippen LogP contribution in [0.4, 0.5) is 19.1 Å². The highest BCUT2D eigenvalue weighted by atomic mass is 19.4. The SMILES string of the molecule is C[C@H]1CN(c2ncc(C(F)(F)F)cn2)CC[C@H]1N. The van der Waals surface area contributed by atoms with E-state index in [0.29, 0.717) is 19.0 Å². The van der Waals surface area contributed by atoms with Gasteiger partial charge in [0.05, 0.1) is 5.56 Å². The van der Waals surface area contributed by atoms with E-state index in [1.807, 2.05) is 11.8 Å². The number of hydrogen-bond acceptors (Lipinski definition) is 4. The van der Waals surface area contributed by atoms with E-state index in [0.717, 1.165) is 18.8 Å². The molecular formula is C11H15F3N4. The fraction of sp³-hybridized carbons (Fsp3) is 0.636. The van der Waals surface area contributed by atoms with Crippen molar-refractivity contribution < 1.29 is 13.2 Å². The molecule has 1 aromatic heterocycles. The van der Waals surface area contributed by atoms with Crippen LogP contribution in [0.3, 0.4) is 0 Å². The Morgan fingerprint density at radius 2 is 1.94 bits per heavy atom. The smallest absolute Gasteiger partial charge is 0.340 e. The summed E-state index contributed by atoms with van der Waals surface area (Å²) in [7, 11) is 0. The standard InChI is InChI=1S/C11H15F3N4/c1-7-6-18(3-2-9(7)15)10-16-4-8(5-17-10)11(12,13)14/h4-5,7,9H,2-3,6,15H2,1H3/t7-,9+/m0/s1. The molecule has 0 aliphatic carbocycles. The van der Waals surface area contributed by atoms with Gasteiger partial charge in [-0.05, 0) is 12.3 Å². The Balaban J connectivity index is 2.11. The van der Waals surface area contributed by atoms with E-state index in [1.54, 1.807) is 0 Å². The van der Waals surface area contributed by atoms with Crippen LogP contribution < -0.4 is 10.6 Å². The third-order valence-electron chi connectivity index (χ3n) is 3.22. The molecule has 1 aromatic rings.